The van der Waals surface area contributed by atoms with Crippen molar-refractivity contribution in [3.63, 3.8) is 0 Å². The van der Waals surface area contributed by atoms with Gasteiger partial charge in [-0.1, -0.05) is 5.92 Å². The highest BCUT2D eigenvalue weighted by Gasteiger charge is 2.03. The normalized spacial score (nSPS) is 9.80. The SMILES string of the molecule is C#CCOc1cnc2c(N)nccc2n1. The third-order valence-corrected chi connectivity index (χ3v) is 1.77. The first-order chi connectivity index (χ1) is 7.31. The van der Waals surface area contributed by atoms with Gasteiger partial charge in [0.2, 0.25) is 5.88 Å². The highest BCUT2D eigenvalue weighted by molar-refractivity contribution is 5.83. The number of anilines is 1. The first-order valence-corrected chi connectivity index (χ1v) is 4.25. The van der Waals surface area contributed by atoms with E-state index in [9.17, 15) is 0 Å². The number of nitrogens with zero attached hydrogens (tertiary/aromatic N) is 3. The van der Waals surface area contributed by atoms with Gasteiger partial charge in [-0.05, 0) is 6.07 Å². The first-order valence-electron chi connectivity index (χ1n) is 4.25. The van der Waals surface area contributed by atoms with Gasteiger partial charge in [0.1, 0.15) is 5.52 Å². The Hall–Kier alpha value is -2.35. The van der Waals surface area contributed by atoms with E-state index in [-0.39, 0.29) is 6.61 Å². The van der Waals surface area contributed by atoms with E-state index in [2.05, 4.69) is 20.9 Å². The molecule has 0 atom stereocenters. The Morgan fingerprint density at radius 2 is 2.33 bits per heavy atom. The zero-order valence-corrected chi connectivity index (χ0v) is 7.84. The predicted octanol–water partition coefficient (Wildman–Crippen LogP) is 0.619. The molecule has 5 heteroatoms. The van der Waals surface area contributed by atoms with Crippen LogP contribution in [0.4, 0.5) is 5.82 Å². The molecule has 15 heavy (non-hydrogen) atoms. The molecule has 0 radical (unpaired) electrons. The molecule has 0 aliphatic carbocycles. The van der Waals surface area contributed by atoms with Crippen LogP contribution in [0.15, 0.2) is 18.5 Å². The second kappa shape index (κ2) is 3.80. The molecule has 0 aliphatic heterocycles. The highest BCUT2D eigenvalue weighted by atomic mass is 16.5. The average molecular weight is 200 g/mol. The summed E-state index contributed by atoms with van der Waals surface area (Å²) in [5.41, 5.74) is 6.82. The van der Waals surface area contributed by atoms with Crippen molar-refractivity contribution in [2.24, 2.45) is 0 Å². The van der Waals surface area contributed by atoms with Crippen LogP contribution in [-0.2, 0) is 0 Å². The van der Waals surface area contributed by atoms with E-state index in [1.807, 2.05) is 0 Å². The van der Waals surface area contributed by atoms with Crippen molar-refractivity contribution in [2.45, 2.75) is 0 Å². The smallest absolute Gasteiger partial charge is 0.233 e. The van der Waals surface area contributed by atoms with E-state index < -0.39 is 0 Å². The molecule has 0 amide bonds. The maximum Gasteiger partial charge on any atom is 0.233 e. The minimum atomic E-state index is 0.167. The number of terminal acetylenes is 1. The van der Waals surface area contributed by atoms with Gasteiger partial charge in [0.15, 0.2) is 12.4 Å². The Labute approximate surface area is 86.3 Å². The van der Waals surface area contributed by atoms with Crippen molar-refractivity contribution >= 4 is 16.9 Å². The van der Waals surface area contributed by atoms with E-state index in [0.717, 1.165) is 0 Å². The lowest BCUT2D eigenvalue weighted by atomic mass is 10.3. The molecule has 0 spiro atoms. The number of pyridine rings is 1. The first kappa shape index (κ1) is 9.21. The number of nitrogen functional groups attached to an aromatic ring is 1. The largest absolute Gasteiger partial charge is 0.463 e. The van der Waals surface area contributed by atoms with Crippen LogP contribution in [0.3, 0.4) is 0 Å². The summed E-state index contributed by atoms with van der Waals surface area (Å²) < 4.78 is 5.13. The lowest BCUT2D eigenvalue weighted by Crippen LogP contribution is -1.99. The minimum Gasteiger partial charge on any atom is -0.463 e. The second-order valence-corrected chi connectivity index (χ2v) is 2.76. The molecule has 0 fully saturated rings. The summed E-state index contributed by atoms with van der Waals surface area (Å²) in [6, 6.07) is 1.71. The number of hydrogen-bond donors (Lipinski definition) is 1. The molecule has 2 aromatic rings. The maximum atomic E-state index is 5.62. The molecule has 0 saturated heterocycles. The fourth-order valence-corrected chi connectivity index (χ4v) is 1.13. The molecule has 2 N–H and O–H groups in total. The Balaban J connectivity index is 2.44. The third kappa shape index (κ3) is 1.79. The molecule has 5 nitrogen and oxygen atoms in total. The molecule has 0 aliphatic rings. The van der Waals surface area contributed by atoms with Crippen LogP contribution in [0, 0.1) is 12.3 Å². The van der Waals surface area contributed by atoms with Crippen LogP contribution in [0.5, 0.6) is 5.88 Å². The summed E-state index contributed by atoms with van der Waals surface area (Å²) in [5, 5.41) is 0. The van der Waals surface area contributed by atoms with Crippen molar-refractivity contribution in [1.82, 2.24) is 15.0 Å². The molecule has 2 rings (SSSR count). The average Bonchev–Trinajstić information content (AvgIpc) is 2.26. The van der Waals surface area contributed by atoms with E-state index in [1.165, 1.54) is 6.20 Å². The van der Waals surface area contributed by atoms with Crippen molar-refractivity contribution in [1.29, 1.82) is 0 Å². The molecule has 2 heterocycles. The number of fused-ring (bicyclic) bond motifs is 1. The van der Waals surface area contributed by atoms with Gasteiger partial charge in [-0.2, -0.15) is 0 Å². The monoisotopic (exact) mass is 200 g/mol. The summed E-state index contributed by atoms with van der Waals surface area (Å²) in [7, 11) is 0. The fraction of sp³-hybridized carbons (Fsp3) is 0.100. The summed E-state index contributed by atoms with van der Waals surface area (Å²) in [5.74, 6) is 3.08. The molecule has 2 aromatic heterocycles. The molecular formula is C10H8N4O. The topological polar surface area (TPSA) is 73.9 Å². The molecule has 0 aromatic carbocycles. The highest BCUT2D eigenvalue weighted by Crippen LogP contribution is 2.16. The van der Waals surface area contributed by atoms with E-state index in [1.54, 1.807) is 12.3 Å². The number of aromatic nitrogens is 3. The number of hydrogen-bond acceptors (Lipinski definition) is 5. The number of rotatable bonds is 2. The molecular weight excluding hydrogens is 192 g/mol. The van der Waals surface area contributed by atoms with Crippen LogP contribution in [-0.4, -0.2) is 21.6 Å². The minimum absolute atomic E-state index is 0.167. The zero-order valence-electron chi connectivity index (χ0n) is 7.84. The van der Waals surface area contributed by atoms with Gasteiger partial charge in [-0.3, -0.25) is 0 Å². The number of ether oxygens (including phenoxy) is 1. The van der Waals surface area contributed by atoms with Gasteiger partial charge in [0.25, 0.3) is 0 Å². The quantitative estimate of drug-likeness (QED) is 0.719. The van der Waals surface area contributed by atoms with Crippen LogP contribution in [0.1, 0.15) is 0 Å². The van der Waals surface area contributed by atoms with Crippen molar-refractivity contribution in [3.8, 4) is 18.2 Å². The van der Waals surface area contributed by atoms with Gasteiger partial charge in [0.05, 0.1) is 11.7 Å². The molecule has 0 unspecified atom stereocenters. The van der Waals surface area contributed by atoms with Gasteiger partial charge in [-0.15, -0.1) is 6.42 Å². The standard InChI is InChI=1S/C10H8N4O/c1-2-5-15-8-6-13-9-7(14-8)3-4-12-10(9)11/h1,3-4,6H,5H2,(H2,11,12). The van der Waals surface area contributed by atoms with Crippen LogP contribution in [0.2, 0.25) is 0 Å². The zero-order chi connectivity index (χ0) is 10.7. The summed E-state index contributed by atoms with van der Waals surface area (Å²) in [6.45, 7) is 0.167. The second-order valence-electron chi connectivity index (χ2n) is 2.76. The van der Waals surface area contributed by atoms with Gasteiger partial charge in [0, 0.05) is 6.20 Å². The predicted molar refractivity (Wildman–Crippen MR) is 56.1 cm³/mol. The molecule has 0 bridgehead atoms. The lowest BCUT2D eigenvalue weighted by Gasteiger charge is -2.02. The Morgan fingerprint density at radius 3 is 3.13 bits per heavy atom. The molecule has 74 valence electrons. The molecule has 0 saturated carbocycles. The number of nitrogens with two attached hydrogens (primary N) is 1. The van der Waals surface area contributed by atoms with Gasteiger partial charge >= 0.3 is 0 Å². The van der Waals surface area contributed by atoms with Crippen LogP contribution >= 0.6 is 0 Å². The maximum absolute atomic E-state index is 5.62. The van der Waals surface area contributed by atoms with Crippen LogP contribution < -0.4 is 10.5 Å². The van der Waals surface area contributed by atoms with E-state index >= 15 is 0 Å². The Kier molecular flexibility index (Phi) is 2.33. The van der Waals surface area contributed by atoms with Crippen molar-refractivity contribution in [3.05, 3.63) is 18.5 Å². The van der Waals surface area contributed by atoms with Crippen molar-refractivity contribution in [2.75, 3.05) is 12.3 Å². The van der Waals surface area contributed by atoms with E-state index in [0.29, 0.717) is 22.7 Å². The van der Waals surface area contributed by atoms with Gasteiger partial charge in [-0.25, -0.2) is 15.0 Å². The van der Waals surface area contributed by atoms with Crippen LogP contribution in [0.25, 0.3) is 11.0 Å². The Morgan fingerprint density at radius 1 is 1.47 bits per heavy atom. The van der Waals surface area contributed by atoms with Crippen molar-refractivity contribution < 1.29 is 4.74 Å². The van der Waals surface area contributed by atoms with E-state index in [4.69, 9.17) is 16.9 Å². The Bertz CT molecular complexity index is 532. The van der Waals surface area contributed by atoms with Gasteiger partial charge < -0.3 is 10.5 Å². The summed E-state index contributed by atoms with van der Waals surface area (Å²) in [6.07, 6.45) is 8.10. The fourth-order valence-electron chi connectivity index (χ4n) is 1.13. The lowest BCUT2D eigenvalue weighted by molar-refractivity contribution is 0.355. The summed E-state index contributed by atoms with van der Waals surface area (Å²) >= 11 is 0. The third-order valence-electron chi connectivity index (χ3n) is 1.77. The summed E-state index contributed by atoms with van der Waals surface area (Å²) in [4.78, 5) is 12.2.